The molecule has 0 fully saturated rings. The number of halogens is 1. The molecule has 0 unspecified atom stereocenters. The van der Waals surface area contributed by atoms with Crippen molar-refractivity contribution in [1.29, 1.82) is 0 Å². The maximum absolute atomic E-state index is 14.1. The lowest BCUT2D eigenvalue weighted by Crippen LogP contribution is -2.53. The molecular formula is C30H34BrN3O6S. The molecular weight excluding hydrogens is 610 g/mol. The summed E-state index contributed by atoms with van der Waals surface area (Å²) in [7, 11) is -3.89. The number of hydrogen-bond donors (Lipinski definition) is 1. The number of hydrogen-bond acceptors (Lipinski definition) is 6. The average Bonchev–Trinajstić information content (AvgIpc) is 3.40. The number of carbonyl (C=O) groups is 2. The molecule has 1 aliphatic heterocycles. The predicted molar refractivity (Wildman–Crippen MR) is 161 cm³/mol. The fourth-order valence-corrected chi connectivity index (χ4v) is 5.75. The number of nitrogens with zero attached hydrogens (tertiary/aromatic N) is 2. The second-order valence-electron chi connectivity index (χ2n) is 10.3. The van der Waals surface area contributed by atoms with Crippen LogP contribution in [0.5, 0.6) is 11.5 Å². The van der Waals surface area contributed by atoms with Gasteiger partial charge in [-0.3, -0.25) is 13.9 Å². The maximum atomic E-state index is 14.1. The second kappa shape index (κ2) is 13.4. The highest BCUT2D eigenvalue weighted by Crippen LogP contribution is 2.36. The van der Waals surface area contributed by atoms with Gasteiger partial charge in [-0.25, -0.2) is 8.42 Å². The van der Waals surface area contributed by atoms with E-state index in [0.29, 0.717) is 18.0 Å². The van der Waals surface area contributed by atoms with Gasteiger partial charge in [0.2, 0.25) is 28.6 Å². The number of sulfonamides is 1. The Morgan fingerprint density at radius 2 is 1.66 bits per heavy atom. The fraction of sp³-hybridized carbons (Fsp3) is 0.333. The van der Waals surface area contributed by atoms with Crippen LogP contribution in [0.2, 0.25) is 0 Å². The number of fused-ring (bicyclic) bond motifs is 1. The van der Waals surface area contributed by atoms with E-state index in [-0.39, 0.29) is 37.3 Å². The van der Waals surface area contributed by atoms with Crippen molar-refractivity contribution < 1.29 is 27.5 Å². The van der Waals surface area contributed by atoms with Crippen LogP contribution in [0.1, 0.15) is 25.0 Å². The molecule has 0 spiro atoms. The van der Waals surface area contributed by atoms with E-state index >= 15 is 0 Å². The Hall–Kier alpha value is -3.57. The smallest absolute Gasteiger partial charge is 0.244 e. The number of amides is 2. The van der Waals surface area contributed by atoms with Gasteiger partial charge >= 0.3 is 0 Å². The Kier molecular flexibility index (Phi) is 9.93. The molecule has 0 aliphatic carbocycles. The van der Waals surface area contributed by atoms with E-state index in [1.165, 1.54) is 11.0 Å². The Balaban J connectivity index is 1.72. The zero-order valence-corrected chi connectivity index (χ0v) is 25.7. The monoisotopic (exact) mass is 643 g/mol. The first-order valence-corrected chi connectivity index (χ1v) is 15.9. The summed E-state index contributed by atoms with van der Waals surface area (Å²) in [4.78, 5) is 29.3. The standard InChI is InChI=1S/C30H34BrN3O6S/c1-21(2)17-32-30(36)26(15-22-8-5-4-6-9-22)33(18-23-10-7-11-24(31)14-23)29(35)19-34(41(3,37)38)25-12-13-27-28(16-25)40-20-39-27/h4-14,16,21,26H,15,17-20H2,1-3H3,(H,32,36)/t26-/m0/s1. The molecule has 0 saturated carbocycles. The summed E-state index contributed by atoms with van der Waals surface area (Å²) in [5.74, 6) is 0.269. The van der Waals surface area contributed by atoms with Crippen molar-refractivity contribution in [2.24, 2.45) is 5.92 Å². The highest BCUT2D eigenvalue weighted by atomic mass is 79.9. The summed E-state index contributed by atoms with van der Waals surface area (Å²) in [6.07, 6.45) is 1.30. The lowest BCUT2D eigenvalue weighted by molar-refractivity contribution is -0.140. The van der Waals surface area contributed by atoms with E-state index in [4.69, 9.17) is 9.47 Å². The maximum Gasteiger partial charge on any atom is 0.244 e. The molecule has 0 radical (unpaired) electrons. The van der Waals surface area contributed by atoms with E-state index in [1.54, 1.807) is 12.1 Å². The minimum atomic E-state index is -3.89. The highest BCUT2D eigenvalue weighted by molar-refractivity contribution is 9.10. The third kappa shape index (κ3) is 8.23. The molecule has 0 aromatic heterocycles. The van der Waals surface area contributed by atoms with Crippen molar-refractivity contribution >= 4 is 43.5 Å². The second-order valence-corrected chi connectivity index (χ2v) is 13.1. The molecule has 3 aromatic carbocycles. The average molecular weight is 645 g/mol. The lowest BCUT2D eigenvalue weighted by Gasteiger charge is -2.33. The minimum absolute atomic E-state index is 0.0314. The van der Waals surface area contributed by atoms with Gasteiger partial charge in [-0.15, -0.1) is 0 Å². The van der Waals surface area contributed by atoms with E-state index in [2.05, 4.69) is 21.2 Å². The van der Waals surface area contributed by atoms with Crippen LogP contribution in [-0.4, -0.2) is 57.3 Å². The topological polar surface area (TPSA) is 105 Å². The molecule has 218 valence electrons. The Bertz CT molecular complexity index is 1480. The van der Waals surface area contributed by atoms with E-state index in [9.17, 15) is 18.0 Å². The molecule has 1 heterocycles. The van der Waals surface area contributed by atoms with Crippen LogP contribution in [-0.2, 0) is 32.6 Å². The molecule has 2 amide bonds. The van der Waals surface area contributed by atoms with Crippen molar-refractivity contribution in [3.63, 3.8) is 0 Å². The molecule has 1 N–H and O–H groups in total. The summed E-state index contributed by atoms with van der Waals surface area (Å²) in [6, 6.07) is 20.7. The van der Waals surface area contributed by atoms with Gasteiger partial charge in [-0.1, -0.05) is 72.2 Å². The van der Waals surface area contributed by atoms with Crippen molar-refractivity contribution in [3.05, 3.63) is 88.4 Å². The van der Waals surface area contributed by atoms with Crippen LogP contribution in [0.4, 0.5) is 5.69 Å². The lowest BCUT2D eigenvalue weighted by atomic mass is 10.0. The quantitative estimate of drug-likeness (QED) is 0.315. The number of anilines is 1. The Morgan fingerprint density at radius 3 is 2.34 bits per heavy atom. The van der Waals surface area contributed by atoms with Gasteiger partial charge in [0, 0.05) is 30.0 Å². The minimum Gasteiger partial charge on any atom is -0.454 e. The van der Waals surface area contributed by atoms with E-state index in [1.807, 2.05) is 68.4 Å². The van der Waals surface area contributed by atoms with Crippen LogP contribution < -0.4 is 19.1 Å². The summed E-state index contributed by atoms with van der Waals surface area (Å²) >= 11 is 3.48. The normalized spacial score (nSPS) is 13.1. The zero-order valence-electron chi connectivity index (χ0n) is 23.2. The van der Waals surface area contributed by atoms with Gasteiger partial charge in [0.05, 0.1) is 11.9 Å². The van der Waals surface area contributed by atoms with Crippen molar-refractivity contribution in [1.82, 2.24) is 10.2 Å². The van der Waals surface area contributed by atoms with Crippen molar-refractivity contribution in [3.8, 4) is 11.5 Å². The van der Waals surface area contributed by atoms with Gasteiger partial charge in [0.15, 0.2) is 11.5 Å². The number of carbonyl (C=O) groups excluding carboxylic acids is 2. The molecule has 4 rings (SSSR count). The van der Waals surface area contributed by atoms with E-state index in [0.717, 1.165) is 26.2 Å². The molecule has 11 heteroatoms. The van der Waals surface area contributed by atoms with Gasteiger partial charge in [-0.2, -0.15) is 0 Å². The summed E-state index contributed by atoms with van der Waals surface area (Å²) in [6.45, 7) is 4.05. The Morgan fingerprint density at radius 1 is 0.951 bits per heavy atom. The largest absolute Gasteiger partial charge is 0.454 e. The third-order valence-electron chi connectivity index (χ3n) is 6.52. The van der Waals surface area contributed by atoms with Crippen LogP contribution in [0.15, 0.2) is 77.3 Å². The van der Waals surface area contributed by atoms with Crippen LogP contribution in [0.25, 0.3) is 0 Å². The molecule has 1 atom stereocenters. The molecule has 0 saturated heterocycles. The number of nitrogens with one attached hydrogen (secondary N) is 1. The van der Waals surface area contributed by atoms with Gasteiger partial charge in [0.1, 0.15) is 12.6 Å². The summed E-state index contributed by atoms with van der Waals surface area (Å²) < 4.78 is 38.6. The van der Waals surface area contributed by atoms with Gasteiger partial charge in [0.25, 0.3) is 0 Å². The number of benzene rings is 3. The predicted octanol–water partition coefficient (Wildman–Crippen LogP) is 4.36. The first-order valence-electron chi connectivity index (χ1n) is 13.2. The van der Waals surface area contributed by atoms with E-state index < -0.39 is 28.5 Å². The van der Waals surface area contributed by atoms with Crippen molar-refractivity contribution in [2.75, 3.05) is 30.4 Å². The molecule has 1 aliphatic rings. The number of rotatable bonds is 12. The van der Waals surface area contributed by atoms with Gasteiger partial charge in [-0.05, 0) is 41.3 Å². The SMILES string of the molecule is CC(C)CNC(=O)[C@H](Cc1ccccc1)N(Cc1cccc(Br)c1)C(=O)CN(c1ccc2c(c1)OCO2)S(C)(=O)=O. The van der Waals surface area contributed by atoms with Gasteiger partial charge < -0.3 is 19.7 Å². The molecule has 3 aromatic rings. The first-order chi connectivity index (χ1) is 19.5. The van der Waals surface area contributed by atoms with Crippen LogP contribution in [0.3, 0.4) is 0 Å². The van der Waals surface area contributed by atoms with Crippen molar-refractivity contribution in [2.45, 2.75) is 32.9 Å². The van der Waals surface area contributed by atoms with Crippen LogP contribution in [0, 0.1) is 5.92 Å². The molecule has 9 nitrogen and oxygen atoms in total. The summed E-state index contributed by atoms with van der Waals surface area (Å²) in [5.41, 5.74) is 1.92. The number of ether oxygens (including phenoxy) is 2. The molecule has 0 bridgehead atoms. The van der Waals surface area contributed by atoms with Crippen LogP contribution >= 0.6 is 15.9 Å². The molecule has 41 heavy (non-hydrogen) atoms. The fourth-order valence-electron chi connectivity index (χ4n) is 4.46. The summed E-state index contributed by atoms with van der Waals surface area (Å²) in [5, 5.41) is 2.97. The highest BCUT2D eigenvalue weighted by Gasteiger charge is 2.33. The third-order valence-corrected chi connectivity index (χ3v) is 8.15. The first kappa shape index (κ1) is 30.4. The Labute approximate surface area is 249 Å². The zero-order chi connectivity index (χ0) is 29.6.